The van der Waals surface area contributed by atoms with Crippen molar-refractivity contribution in [3.05, 3.63) is 48.0 Å². The summed E-state index contributed by atoms with van der Waals surface area (Å²) in [6.07, 6.45) is 0.850. The maximum absolute atomic E-state index is 13.3. The summed E-state index contributed by atoms with van der Waals surface area (Å²) in [7, 11) is 5.66. The van der Waals surface area contributed by atoms with E-state index in [1.165, 1.54) is 11.3 Å². The number of aromatic nitrogens is 1. The third kappa shape index (κ3) is 5.25. The molecular weight excluding hydrogens is 386 g/mol. The fraction of sp³-hybridized carbons (Fsp3) is 0.364. The number of ether oxygens (including phenoxy) is 2. The minimum Gasteiger partial charge on any atom is -0.497 e. The van der Waals surface area contributed by atoms with E-state index >= 15 is 0 Å². The fourth-order valence-corrected chi connectivity index (χ4v) is 4.02. The van der Waals surface area contributed by atoms with Crippen molar-refractivity contribution in [2.45, 2.75) is 13.3 Å². The summed E-state index contributed by atoms with van der Waals surface area (Å²) in [6, 6.07) is 13.1. The van der Waals surface area contributed by atoms with Gasteiger partial charge >= 0.3 is 0 Å². The number of fused-ring (bicyclic) bond motifs is 1. The van der Waals surface area contributed by atoms with Crippen LogP contribution in [0.1, 0.15) is 23.7 Å². The number of methoxy groups -OCH3 is 1. The Hall–Kier alpha value is -2.64. The van der Waals surface area contributed by atoms with Gasteiger partial charge in [0, 0.05) is 12.1 Å². The first-order valence-electron chi connectivity index (χ1n) is 9.66. The molecule has 1 amide bonds. The van der Waals surface area contributed by atoms with Gasteiger partial charge in [0.25, 0.3) is 5.91 Å². The van der Waals surface area contributed by atoms with Crippen LogP contribution in [0, 0.1) is 0 Å². The highest BCUT2D eigenvalue weighted by Crippen LogP contribution is 2.32. The Morgan fingerprint density at radius 2 is 1.93 bits per heavy atom. The molecule has 0 saturated heterocycles. The van der Waals surface area contributed by atoms with E-state index in [9.17, 15) is 4.79 Å². The van der Waals surface area contributed by atoms with Gasteiger partial charge in [-0.15, -0.1) is 0 Å². The number of hydrogen-bond acceptors (Lipinski definition) is 6. The van der Waals surface area contributed by atoms with E-state index in [1.54, 1.807) is 18.1 Å². The Morgan fingerprint density at radius 1 is 1.10 bits per heavy atom. The van der Waals surface area contributed by atoms with Gasteiger partial charge in [-0.2, -0.15) is 0 Å². The summed E-state index contributed by atoms with van der Waals surface area (Å²) in [5, 5.41) is 0.695. The molecule has 29 heavy (non-hydrogen) atoms. The normalized spacial score (nSPS) is 11.1. The number of hydrogen-bond donors (Lipinski definition) is 0. The van der Waals surface area contributed by atoms with Gasteiger partial charge in [-0.05, 0) is 70.4 Å². The predicted molar refractivity (Wildman–Crippen MR) is 119 cm³/mol. The maximum atomic E-state index is 13.3. The van der Waals surface area contributed by atoms with E-state index in [1.807, 2.05) is 57.4 Å². The first-order valence-corrected chi connectivity index (χ1v) is 10.5. The van der Waals surface area contributed by atoms with Gasteiger partial charge in [-0.3, -0.25) is 9.69 Å². The van der Waals surface area contributed by atoms with Crippen molar-refractivity contribution in [2.24, 2.45) is 0 Å². The van der Waals surface area contributed by atoms with Crippen LogP contribution in [-0.4, -0.2) is 56.7 Å². The number of rotatable bonds is 9. The van der Waals surface area contributed by atoms with Crippen LogP contribution in [0.4, 0.5) is 5.13 Å². The van der Waals surface area contributed by atoms with Crippen LogP contribution in [0.3, 0.4) is 0 Å². The Bertz CT molecular complexity index is 971. The van der Waals surface area contributed by atoms with E-state index in [0.29, 0.717) is 29.6 Å². The van der Waals surface area contributed by atoms with E-state index in [-0.39, 0.29) is 5.91 Å². The van der Waals surface area contributed by atoms with E-state index in [4.69, 9.17) is 14.5 Å². The number of anilines is 1. The summed E-state index contributed by atoms with van der Waals surface area (Å²) in [5.74, 6) is 1.40. The molecule has 1 heterocycles. The van der Waals surface area contributed by atoms with Crippen LogP contribution in [0.5, 0.6) is 11.5 Å². The first kappa shape index (κ1) is 21.1. The van der Waals surface area contributed by atoms with Crippen LogP contribution in [0.2, 0.25) is 0 Å². The SMILES string of the molecule is CCOc1ccc2nc(N(CCCN(C)C)C(=O)c3cccc(OC)c3)sc2c1. The molecular formula is C22H27N3O3S. The topological polar surface area (TPSA) is 54.9 Å². The molecule has 1 aromatic heterocycles. The molecule has 0 fully saturated rings. The highest BCUT2D eigenvalue weighted by molar-refractivity contribution is 7.22. The molecule has 3 rings (SSSR count). The number of amides is 1. The second-order valence-corrected chi connectivity index (χ2v) is 7.91. The van der Waals surface area contributed by atoms with Gasteiger partial charge in [0.05, 0.1) is 23.9 Å². The van der Waals surface area contributed by atoms with Crippen molar-refractivity contribution in [1.82, 2.24) is 9.88 Å². The van der Waals surface area contributed by atoms with Gasteiger partial charge < -0.3 is 14.4 Å². The Labute approximate surface area is 175 Å². The fourth-order valence-electron chi connectivity index (χ4n) is 3.01. The van der Waals surface area contributed by atoms with Crippen molar-refractivity contribution >= 4 is 32.6 Å². The molecule has 0 aliphatic rings. The van der Waals surface area contributed by atoms with Crippen molar-refractivity contribution in [2.75, 3.05) is 45.8 Å². The Kier molecular flexibility index (Phi) is 7.06. The average Bonchev–Trinajstić information content (AvgIpc) is 3.14. The van der Waals surface area contributed by atoms with Gasteiger partial charge in [-0.1, -0.05) is 17.4 Å². The number of carbonyl (C=O) groups is 1. The van der Waals surface area contributed by atoms with Gasteiger partial charge in [0.15, 0.2) is 5.13 Å². The third-order valence-electron chi connectivity index (χ3n) is 4.44. The molecule has 154 valence electrons. The van der Waals surface area contributed by atoms with Crippen LogP contribution in [0.25, 0.3) is 10.2 Å². The number of nitrogens with zero attached hydrogens (tertiary/aromatic N) is 3. The quantitative estimate of drug-likeness (QED) is 0.523. The van der Waals surface area contributed by atoms with Gasteiger partial charge in [-0.25, -0.2) is 4.98 Å². The summed E-state index contributed by atoms with van der Waals surface area (Å²) in [4.78, 5) is 21.9. The summed E-state index contributed by atoms with van der Waals surface area (Å²) < 4.78 is 11.9. The van der Waals surface area contributed by atoms with E-state index in [2.05, 4.69) is 4.90 Å². The lowest BCUT2D eigenvalue weighted by molar-refractivity contribution is 0.0985. The van der Waals surface area contributed by atoms with Crippen molar-refractivity contribution < 1.29 is 14.3 Å². The first-order chi connectivity index (χ1) is 14.0. The van der Waals surface area contributed by atoms with Crippen LogP contribution < -0.4 is 14.4 Å². The molecule has 0 atom stereocenters. The highest BCUT2D eigenvalue weighted by Gasteiger charge is 2.21. The lowest BCUT2D eigenvalue weighted by atomic mass is 10.2. The standard InChI is InChI=1S/C22H27N3O3S/c1-5-28-18-10-11-19-20(15-18)29-22(23-19)25(13-7-12-24(2)3)21(26)16-8-6-9-17(14-16)27-4/h6,8-11,14-15H,5,7,12-13H2,1-4H3. The molecule has 3 aromatic rings. The smallest absolute Gasteiger partial charge is 0.260 e. The van der Waals surface area contributed by atoms with Crippen molar-refractivity contribution in [3.63, 3.8) is 0 Å². The molecule has 7 heteroatoms. The minimum atomic E-state index is -0.0771. The number of carbonyl (C=O) groups excluding carboxylic acids is 1. The molecule has 6 nitrogen and oxygen atoms in total. The minimum absolute atomic E-state index is 0.0771. The molecule has 0 radical (unpaired) electrons. The predicted octanol–water partition coefficient (Wildman–Crippen LogP) is 4.30. The van der Waals surface area contributed by atoms with Crippen molar-refractivity contribution in [1.29, 1.82) is 0 Å². The molecule has 0 aliphatic heterocycles. The Balaban J connectivity index is 1.93. The molecule has 0 bridgehead atoms. The monoisotopic (exact) mass is 413 g/mol. The van der Waals surface area contributed by atoms with Gasteiger partial charge in [0.1, 0.15) is 11.5 Å². The Morgan fingerprint density at radius 3 is 2.66 bits per heavy atom. The lowest BCUT2D eigenvalue weighted by Gasteiger charge is -2.21. The molecule has 0 saturated carbocycles. The van der Waals surface area contributed by atoms with Crippen LogP contribution in [0.15, 0.2) is 42.5 Å². The lowest BCUT2D eigenvalue weighted by Crippen LogP contribution is -2.33. The average molecular weight is 414 g/mol. The highest BCUT2D eigenvalue weighted by atomic mass is 32.1. The zero-order valence-corrected chi connectivity index (χ0v) is 18.2. The second kappa shape index (κ2) is 9.71. The molecule has 2 aromatic carbocycles. The zero-order valence-electron chi connectivity index (χ0n) is 17.3. The molecule has 0 spiro atoms. The van der Waals surface area contributed by atoms with Crippen LogP contribution in [-0.2, 0) is 0 Å². The third-order valence-corrected chi connectivity index (χ3v) is 5.48. The maximum Gasteiger partial charge on any atom is 0.260 e. The van der Waals surface area contributed by atoms with E-state index < -0.39 is 0 Å². The molecule has 0 N–H and O–H groups in total. The summed E-state index contributed by atoms with van der Waals surface area (Å²) >= 11 is 1.51. The van der Waals surface area contributed by atoms with Crippen LogP contribution >= 0.6 is 11.3 Å². The number of benzene rings is 2. The second-order valence-electron chi connectivity index (χ2n) is 6.90. The molecule has 0 unspecified atom stereocenters. The van der Waals surface area contributed by atoms with Crippen molar-refractivity contribution in [3.8, 4) is 11.5 Å². The number of thiazole rings is 1. The summed E-state index contributed by atoms with van der Waals surface area (Å²) in [6.45, 7) is 4.05. The zero-order chi connectivity index (χ0) is 20.8. The largest absolute Gasteiger partial charge is 0.497 e. The summed E-state index contributed by atoms with van der Waals surface area (Å²) in [5.41, 5.74) is 1.45. The molecule has 0 aliphatic carbocycles. The van der Waals surface area contributed by atoms with E-state index in [0.717, 1.165) is 28.9 Å². The van der Waals surface area contributed by atoms with Gasteiger partial charge in [0.2, 0.25) is 0 Å².